The number of nitrogens with one attached hydrogen (secondary N) is 2. The van der Waals surface area contributed by atoms with E-state index in [1.807, 2.05) is 0 Å². The Kier molecular flexibility index (Phi) is 4.82. The number of carbonyl (C=O) groups is 1. The maximum atomic E-state index is 12.0. The second-order valence-electron chi connectivity index (χ2n) is 4.42. The van der Waals surface area contributed by atoms with E-state index in [9.17, 15) is 13.6 Å². The van der Waals surface area contributed by atoms with E-state index in [1.165, 1.54) is 24.3 Å². The highest BCUT2D eigenvalue weighted by Gasteiger charge is 2.07. The predicted octanol–water partition coefficient (Wildman–Crippen LogP) is 3.34. The van der Waals surface area contributed by atoms with Gasteiger partial charge in [-0.1, -0.05) is 0 Å². The summed E-state index contributed by atoms with van der Waals surface area (Å²) in [5, 5.41) is 5.12. The first-order chi connectivity index (χ1) is 10.4. The summed E-state index contributed by atoms with van der Waals surface area (Å²) >= 11 is 0. The summed E-state index contributed by atoms with van der Waals surface area (Å²) < 4.78 is 28.3. The molecule has 0 aliphatic rings. The van der Waals surface area contributed by atoms with E-state index < -0.39 is 12.6 Å². The van der Waals surface area contributed by atoms with Gasteiger partial charge in [0.2, 0.25) is 0 Å². The number of aromatic nitrogens is 2. The van der Waals surface area contributed by atoms with Crippen LogP contribution in [0.1, 0.15) is 11.5 Å². The van der Waals surface area contributed by atoms with Crippen molar-refractivity contribution in [3.8, 4) is 5.75 Å². The maximum absolute atomic E-state index is 12.0. The molecule has 0 aliphatic heterocycles. The fourth-order valence-corrected chi connectivity index (χ4v) is 1.78. The van der Waals surface area contributed by atoms with Crippen molar-refractivity contribution in [3.05, 3.63) is 41.9 Å². The highest BCUT2D eigenvalue weighted by molar-refractivity contribution is 5.99. The van der Waals surface area contributed by atoms with Crippen LogP contribution in [-0.2, 0) is 0 Å². The Morgan fingerprint density at radius 1 is 1.14 bits per heavy atom. The molecular weight excluding hydrogens is 294 g/mol. The number of alkyl halides is 2. The normalized spacial score (nSPS) is 10.4. The van der Waals surface area contributed by atoms with Crippen LogP contribution in [-0.4, -0.2) is 22.6 Å². The molecule has 1 heterocycles. The van der Waals surface area contributed by atoms with Crippen molar-refractivity contribution in [2.45, 2.75) is 20.5 Å². The number of nitrogens with zero attached hydrogens (tertiary/aromatic N) is 2. The van der Waals surface area contributed by atoms with Crippen LogP contribution in [0.4, 0.5) is 25.1 Å². The van der Waals surface area contributed by atoms with Crippen LogP contribution in [0, 0.1) is 13.8 Å². The molecule has 2 aromatic rings. The van der Waals surface area contributed by atoms with Crippen LogP contribution in [0.5, 0.6) is 5.75 Å². The SMILES string of the molecule is Cc1cc(NC(=O)Nc2ccc(OC(F)F)cc2)nc(C)n1. The summed E-state index contributed by atoms with van der Waals surface area (Å²) in [5.41, 5.74) is 1.16. The summed E-state index contributed by atoms with van der Waals surface area (Å²) in [6.07, 6.45) is 0. The van der Waals surface area contributed by atoms with Crippen LogP contribution in [0.15, 0.2) is 30.3 Å². The Morgan fingerprint density at radius 3 is 2.41 bits per heavy atom. The van der Waals surface area contributed by atoms with Crippen molar-refractivity contribution in [3.63, 3.8) is 0 Å². The van der Waals surface area contributed by atoms with Gasteiger partial charge in [0.25, 0.3) is 0 Å². The molecule has 0 bridgehead atoms. The number of anilines is 2. The number of urea groups is 1. The average Bonchev–Trinajstić information content (AvgIpc) is 2.39. The van der Waals surface area contributed by atoms with Gasteiger partial charge in [-0.2, -0.15) is 8.78 Å². The number of hydrogen-bond acceptors (Lipinski definition) is 4. The van der Waals surface area contributed by atoms with Crippen LogP contribution in [0.25, 0.3) is 0 Å². The summed E-state index contributed by atoms with van der Waals surface area (Å²) in [6, 6.07) is 6.70. The van der Waals surface area contributed by atoms with E-state index in [-0.39, 0.29) is 5.75 Å². The Morgan fingerprint density at radius 2 is 1.82 bits per heavy atom. The van der Waals surface area contributed by atoms with Crippen molar-refractivity contribution in [1.82, 2.24) is 9.97 Å². The molecule has 0 spiro atoms. The highest BCUT2D eigenvalue weighted by atomic mass is 19.3. The molecule has 0 radical (unpaired) electrons. The fraction of sp³-hybridized carbons (Fsp3) is 0.214. The molecule has 0 saturated heterocycles. The summed E-state index contributed by atoms with van der Waals surface area (Å²) in [4.78, 5) is 20.0. The third kappa shape index (κ3) is 4.65. The number of hydrogen-bond donors (Lipinski definition) is 2. The molecular formula is C14H14F2N4O2. The fourth-order valence-electron chi connectivity index (χ4n) is 1.78. The van der Waals surface area contributed by atoms with Gasteiger partial charge >= 0.3 is 12.6 Å². The summed E-state index contributed by atoms with van der Waals surface area (Å²) in [7, 11) is 0. The molecule has 0 unspecified atom stereocenters. The molecule has 0 fully saturated rings. The Balaban J connectivity index is 1.96. The molecule has 1 aromatic heterocycles. The van der Waals surface area contributed by atoms with Gasteiger partial charge < -0.3 is 10.1 Å². The minimum absolute atomic E-state index is 0.0167. The number of halogens is 2. The van der Waals surface area contributed by atoms with Crippen molar-refractivity contribution >= 4 is 17.5 Å². The van der Waals surface area contributed by atoms with Crippen molar-refractivity contribution in [1.29, 1.82) is 0 Å². The quantitative estimate of drug-likeness (QED) is 0.908. The lowest BCUT2D eigenvalue weighted by atomic mass is 10.3. The first-order valence-corrected chi connectivity index (χ1v) is 6.37. The second kappa shape index (κ2) is 6.79. The van der Waals surface area contributed by atoms with Crippen LogP contribution >= 0.6 is 0 Å². The number of aryl methyl sites for hydroxylation is 2. The van der Waals surface area contributed by atoms with Gasteiger partial charge in [0.05, 0.1) is 0 Å². The third-order valence-corrected chi connectivity index (χ3v) is 2.54. The van der Waals surface area contributed by atoms with Gasteiger partial charge in [0.15, 0.2) is 0 Å². The molecule has 8 heteroatoms. The molecule has 1 aromatic carbocycles. The average molecular weight is 308 g/mol. The zero-order valence-corrected chi connectivity index (χ0v) is 11.9. The number of carbonyl (C=O) groups excluding carboxylic acids is 1. The standard InChI is InChI=1S/C14H14F2N4O2/c1-8-7-12(18-9(2)17-8)20-14(21)19-10-3-5-11(6-4-10)22-13(15)16/h3-7,13H,1-2H3,(H2,17,18,19,20,21). The number of benzene rings is 1. The molecule has 22 heavy (non-hydrogen) atoms. The zero-order valence-electron chi connectivity index (χ0n) is 11.9. The van der Waals surface area contributed by atoms with E-state index in [0.29, 0.717) is 17.3 Å². The van der Waals surface area contributed by atoms with Gasteiger partial charge in [-0.05, 0) is 38.1 Å². The minimum Gasteiger partial charge on any atom is -0.435 e. The van der Waals surface area contributed by atoms with Gasteiger partial charge in [-0.25, -0.2) is 14.8 Å². The van der Waals surface area contributed by atoms with Crippen LogP contribution < -0.4 is 15.4 Å². The first-order valence-electron chi connectivity index (χ1n) is 6.37. The Labute approximate surface area is 125 Å². The Bertz CT molecular complexity index is 642. The van der Waals surface area contributed by atoms with Crippen LogP contribution in [0.2, 0.25) is 0 Å². The van der Waals surface area contributed by atoms with Crippen molar-refractivity contribution in [2.75, 3.05) is 10.6 Å². The van der Waals surface area contributed by atoms with Gasteiger partial charge in [0, 0.05) is 17.4 Å². The highest BCUT2D eigenvalue weighted by Crippen LogP contribution is 2.18. The smallest absolute Gasteiger partial charge is 0.387 e. The van der Waals surface area contributed by atoms with E-state index in [1.54, 1.807) is 19.9 Å². The molecule has 116 valence electrons. The molecule has 2 N–H and O–H groups in total. The largest absolute Gasteiger partial charge is 0.435 e. The predicted molar refractivity (Wildman–Crippen MR) is 77.2 cm³/mol. The Hall–Kier alpha value is -2.77. The second-order valence-corrected chi connectivity index (χ2v) is 4.42. The molecule has 0 saturated carbocycles. The van der Waals surface area contributed by atoms with Gasteiger partial charge in [0.1, 0.15) is 17.4 Å². The van der Waals surface area contributed by atoms with E-state index >= 15 is 0 Å². The maximum Gasteiger partial charge on any atom is 0.387 e. The lowest BCUT2D eigenvalue weighted by molar-refractivity contribution is -0.0498. The molecule has 0 atom stereocenters. The first kappa shape index (κ1) is 15.6. The number of rotatable bonds is 4. The molecule has 6 nitrogen and oxygen atoms in total. The number of ether oxygens (including phenoxy) is 1. The van der Waals surface area contributed by atoms with Gasteiger partial charge in [-0.15, -0.1) is 0 Å². The van der Waals surface area contributed by atoms with Crippen LogP contribution in [0.3, 0.4) is 0 Å². The zero-order chi connectivity index (χ0) is 16.1. The summed E-state index contributed by atoms with van der Waals surface area (Å²) in [5.74, 6) is 0.937. The molecule has 2 rings (SSSR count). The van der Waals surface area contributed by atoms with Crippen molar-refractivity contribution < 1.29 is 18.3 Å². The van der Waals surface area contributed by atoms with E-state index in [0.717, 1.165) is 5.69 Å². The summed E-state index contributed by atoms with van der Waals surface area (Å²) in [6.45, 7) is 0.628. The lowest BCUT2D eigenvalue weighted by Crippen LogP contribution is -2.20. The topological polar surface area (TPSA) is 76.1 Å². The van der Waals surface area contributed by atoms with E-state index in [2.05, 4.69) is 25.3 Å². The van der Waals surface area contributed by atoms with Gasteiger partial charge in [-0.3, -0.25) is 5.32 Å². The van der Waals surface area contributed by atoms with Crippen molar-refractivity contribution in [2.24, 2.45) is 0 Å². The van der Waals surface area contributed by atoms with E-state index in [4.69, 9.17) is 0 Å². The third-order valence-electron chi connectivity index (χ3n) is 2.54. The lowest BCUT2D eigenvalue weighted by Gasteiger charge is -2.09. The monoisotopic (exact) mass is 308 g/mol. The molecule has 0 aliphatic carbocycles. The number of amides is 2. The molecule has 2 amide bonds. The minimum atomic E-state index is -2.88.